The van der Waals surface area contributed by atoms with Crippen molar-refractivity contribution in [3.05, 3.63) is 0 Å². The van der Waals surface area contributed by atoms with Gasteiger partial charge in [0, 0.05) is 0 Å². The predicted molar refractivity (Wildman–Crippen MR) is 44.8 cm³/mol. The summed E-state index contributed by atoms with van der Waals surface area (Å²) in [4.78, 5) is 2.00. The Bertz CT molecular complexity index is 113. The summed E-state index contributed by atoms with van der Waals surface area (Å²) in [6, 6.07) is 0. The third kappa shape index (κ3) is 18.0. The summed E-state index contributed by atoms with van der Waals surface area (Å²) in [6.07, 6.45) is 0. The van der Waals surface area contributed by atoms with Crippen LogP contribution in [-0.4, -0.2) is 8.80 Å². The normalized spacial score (nSPS) is 8.91. The summed E-state index contributed by atoms with van der Waals surface area (Å²) in [6.45, 7) is 11.6. The molecule has 0 aromatic carbocycles. The maximum absolute atomic E-state index is 5.50. The number of nitrogens with one attached hydrogen (secondary N) is 2. The molecule has 2 N–H and O–H groups in total. The second-order valence-electron chi connectivity index (χ2n) is 3.36. The van der Waals surface area contributed by atoms with Gasteiger partial charge in [0.1, 0.15) is 11.1 Å². The molecule has 0 aliphatic heterocycles. The monoisotopic (exact) mass is 182 g/mol. The van der Waals surface area contributed by atoms with E-state index in [2.05, 4.69) is 33.9 Å². The zero-order valence-corrected chi connectivity index (χ0v) is 11.4. The Morgan fingerprint density at radius 1 is 1.09 bits per heavy atom. The topological polar surface area (TPSA) is 61.8 Å². The largest absolute Gasteiger partial charge is 1.00 e. The van der Waals surface area contributed by atoms with E-state index in [4.69, 9.17) is 11.1 Å². The standard InChI is InChI=1S/C6H15Si.H2N3.Na/c1-6(2,3)7(4)5;1-3-2;/h1-5H3;1-2H;/q-1;2*+1. The molecule has 0 saturated carbocycles. The molecule has 0 amide bonds. The minimum Gasteiger partial charge on any atom is -0.260 e. The molecule has 5 heteroatoms. The number of hydrogen-bond donors (Lipinski definition) is 2. The fourth-order valence-electron chi connectivity index (χ4n) is 0. The van der Waals surface area contributed by atoms with Crippen molar-refractivity contribution < 1.29 is 29.6 Å². The zero-order valence-electron chi connectivity index (χ0n) is 8.45. The third-order valence-corrected chi connectivity index (χ3v) is 4.50. The van der Waals surface area contributed by atoms with E-state index < -0.39 is 0 Å². The van der Waals surface area contributed by atoms with Crippen LogP contribution < -0.4 is 34.5 Å². The second-order valence-corrected chi connectivity index (χ2v) is 6.86. The molecule has 3 nitrogen and oxygen atoms in total. The van der Waals surface area contributed by atoms with Crippen LogP contribution >= 0.6 is 0 Å². The number of hydrogen-bond acceptors (Lipinski definition) is 2. The maximum atomic E-state index is 5.50. The van der Waals surface area contributed by atoms with Crippen LogP contribution in [0.4, 0.5) is 0 Å². The summed E-state index contributed by atoms with van der Waals surface area (Å²) in [5, 5.41) is 0.602. The van der Waals surface area contributed by atoms with Crippen LogP contribution in [0.2, 0.25) is 18.1 Å². The molecule has 11 heavy (non-hydrogen) atoms. The summed E-state index contributed by atoms with van der Waals surface area (Å²) >= 11 is 0. The van der Waals surface area contributed by atoms with Crippen molar-refractivity contribution in [3.8, 4) is 0 Å². The van der Waals surface area contributed by atoms with Gasteiger partial charge in [0.05, 0.1) is 0 Å². The van der Waals surface area contributed by atoms with Crippen LogP contribution in [0.5, 0.6) is 0 Å². The fourth-order valence-corrected chi connectivity index (χ4v) is 0. The van der Waals surface area contributed by atoms with Crippen molar-refractivity contribution >= 4 is 8.80 Å². The molecule has 60 valence electrons. The van der Waals surface area contributed by atoms with Crippen molar-refractivity contribution in [2.75, 3.05) is 0 Å². The Labute approximate surface area is 92.9 Å². The molecule has 0 aliphatic rings. The predicted octanol–water partition coefficient (Wildman–Crippen LogP) is -0.340. The van der Waals surface area contributed by atoms with E-state index in [0.717, 1.165) is 0 Å². The first-order valence-corrected chi connectivity index (χ1v) is 5.70. The van der Waals surface area contributed by atoms with Gasteiger partial charge in [-0.05, 0) is 0 Å². The molecule has 0 bridgehead atoms. The summed E-state index contributed by atoms with van der Waals surface area (Å²) in [5.41, 5.74) is 11.0. The second kappa shape index (κ2) is 8.62. The first kappa shape index (κ1) is 17.6. The van der Waals surface area contributed by atoms with Gasteiger partial charge in [0.2, 0.25) is 4.91 Å². The molecule has 0 rings (SSSR count). The van der Waals surface area contributed by atoms with Gasteiger partial charge in [0.25, 0.3) is 0 Å². The quantitative estimate of drug-likeness (QED) is 0.292. The molecule has 0 saturated heterocycles. The molecule has 0 unspecified atom stereocenters. The van der Waals surface area contributed by atoms with Crippen LogP contribution in [0.3, 0.4) is 0 Å². The molecule has 0 spiro atoms. The van der Waals surface area contributed by atoms with Crippen LogP contribution in [-0.2, 0) is 0 Å². The van der Waals surface area contributed by atoms with Crippen molar-refractivity contribution in [3.63, 3.8) is 0 Å². The van der Waals surface area contributed by atoms with Crippen LogP contribution in [0, 0.1) is 11.1 Å². The minimum atomic E-state index is -0.0502. The van der Waals surface area contributed by atoms with Gasteiger partial charge in [-0.15, -0.1) is 0 Å². The van der Waals surface area contributed by atoms with Gasteiger partial charge in [-0.2, -0.15) is 18.1 Å². The molecule has 0 fully saturated rings. The molecular weight excluding hydrogens is 165 g/mol. The molecule has 0 aromatic rings. The van der Waals surface area contributed by atoms with E-state index in [-0.39, 0.29) is 38.4 Å². The Kier molecular flexibility index (Phi) is 13.8. The number of nitrogens with zero attached hydrogens (tertiary/aromatic N) is 1. The smallest absolute Gasteiger partial charge is 0.260 e. The first-order valence-electron chi connectivity index (χ1n) is 3.20. The van der Waals surface area contributed by atoms with Crippen LogP contribution in [0.1, 0.15) is 20.8 Å². The van der Waals surface area contributed by atoms with Crippen LogP contribution in [0.25, 0.3) is 0 Å². The van der Waals surface area contributed by atoms with Crippen LogP contribution in [0.15, 0.2) is 0 Å². The Morgan fingerprint density at radius 2 is 1.18 bits per heavy atom. The summed E-state index contributed by atoms with van der Waals surface area (Å²) in [5.74, 6) is 0. The van der Waals surface area contributed by atoms with Gasteiger partial charge in [-0.25, -0.2) is 0 Å². The van der Waals surface area contributed by atoms with Gasteiger partial charge in [-0.1, -0.05) is 20.8 Å². The number of rotatable bonds is 0. The Hall–Kier alpha value is 0.527. The van der Waals surface area contributed by atoms with E-state index in [0.29, 0.717) is 5.04 Å². The molecule has 0 radical (unpaired) electrons. The fraction of sp³-hybridized carbons (Fsp3) is 1.00. The Morgan fingerprint density at radius 3 is 1.18 bits per heavy atom. The molecule has 0 aromatic heterocycles. The zero-order chi connectivity index (χ0) is 8.78. The van der Waals surface area contributed by atoms with Crippen molar-refractivity contribution in [1.82, 2.24) is 4.91 Å². The molecule has 0 atom stereocenters. The van der Waals surface area contributed by atoms with Crippen molar-refractivity contribution in [1.29, 1.82) is 11.1 Å². The minimum absolute atomic E-state index is 0. The summed E-state index contributed by atoms with van der Waals surface area (Å²) < 4.78 is 0. The first-order chi connectivity index (χ1) is 4.36. The van der Waals surface area contributed by atoms with Gasteiger partial charge >= 0.3 is 29.6 Å². The van der Waals surface area contributed by atoms with Crippen molar-refractivity contribution in [2.45, 2.75) is 38.9 Å². The molecule has 0 heterocycles. The van der Waals surface area contributed by atoms with Gasteiger partial charge in [-0.3, -0.25) is 8.80 Å². The molecule has 0 aliphatic carbocycles. The van der Waals surface area contributed by atoms with E-state index >= 15 is 0 Å². The van der Waals surface area contributed by atoms with E-state index in [9.17, 15) is 0 Å². The van der Waals surface area contributed by atoms with E-state index in [1.165, 1.54) is 0 Å². The third-order valence-electron chi connectivity index (χ3n) is 1.50. The molecular formula is C6H17N3NaSi+. The van der Waals surface area contributed by atoms with Gasteiger partial charge < -0.3 is 0 Å². The SMILES string of the molecule is C[Si-](C)C(C)(C)C.N=[N+]=N.[Na+]. The Balaban J connectivity index is -0.000000140. The average Bonchev–Trinajstić information content (AvgIpc) is 1.64. The van der Waals surface area contributed by atoms with E-state index in [1.807, 2.05) is 4.91 Å². The van der Waals surface area contributed by atoms with Crippen molar-refractivity contribution in [2.24, 2.45) is 0 Å². The van der Waals surface area contributed by atoms with Gasteiger partial charge in [0.15, 0.2) is 0 Å². The summed E-state index contributed by atoms with van der Waals surface area (Å²) in [7, 11) is -0.0502. The average molecular weight is 182 g/mol. The van der Waals surface area contributed by atoms with E-state index in [1.54, 1.807) is 0 Å². The maximum Gasteiger partial charge on any atom is 1.00 e.